The van der Waals surface area contributed by atoms with Gasteiger partial charge in [-0.15, -0.1) is 0 Å². The van der Waals surface area contributed by atoms with Gasteiger partial charge >= 0.3 is 6.18 Å². The first-order chi connectivity index (χ1) is 24.5. The molecule has 2 amide bonds. The lowest BCUT2D eigenvalue weighted by Crippen LogP contribution is -2.38. The molecule has 1 aliphatic carbocycles. The predicted molar refractivity (Wildman–Crippen MR) is 185 cm³/mol. The largest absolute Gasteiger partial charge is 0.416 e. The minimum atomic E-state index is -4.61. The highest BCUT2D eigenvalue weighted by atomic mass is 19.4. The number of piperidine rings is 1. The summed E-state index contributed by atoms with van der Waals surface area (Å²) in [6, 6.07) is 22.7. The zero-order valence-corrected chi connectivity index (χ0v) is 28.3. The molecule has 4 aromatic rings. The van der Waals surface area contributed by atoms with Crippen molar-refractivity contribution in [3.63, 3.8) is 0 Å². The lowest BCUT2D eigenvalue weighted by atomic mass is 9.85. The van der Waals surface area contributed by atoms with Crippen molar-refractivity contribution in [2.45, 2.75) is 81.5 Å². The lowest BCUT2D eigenvalue weighted by molar-refractivity contribution is -0.142. The number of hydrogen-bond acceptors (Lipinski definition) is 5. The van der Waals surface area contributed by atoms with Crippen molar-refractivity contribution >= 4 is 11.8 Å². The summed E-state index contributed by atoms with van der Waals surface area (Å²) in [4.78, 5) is 51.1. The molecule has 1 atom stereocenters. The Morgan fingerprint density at radius 2 is 1.69 bits per heavy atom. The number of aromatic nitrogens is 2. The third-order valence-electron chi connectivity index (χ3n) is 10.8. The Balaban J connectivity index is 1.03. The van der Waals surface area contributed by atoms with Gasteiger partial charge in [-0.3, -0.25) is 14.4 Å². The normalized spacial score (nSPS) is 18.1. The molecule has 3 heterocycles. The Morgan fingerprint density at radius 1 is 0.941 bits per heavy atom. The maximum absolute atomic E-state index is 13.6. The Labute approximate surface area is 294 Å². The topological polar surface area (TPSA) is 107 Å². The van der Waals surface area contributed by atoms with Gasteiger partial charge in [0.1, 0.15) is 5.82 Å². The molecule has 8 nitrogen and oxygen atoms in total. The van der Waals surface area contributed by atoms with E-state index in [-0.39, 0.29) is 30.1 Å². The molecule has 0 radical (unpaired) electrons. The average molecular weight is 699 g/mol. The van der Waals surface area contributed by atoms with Crippen LogP contribution in [0.4, 0.5) is 13.2 Å². The lowest BCUT2D eigenvalue weighted by Gasteiger charge is -2.32. The van der Waals surface area contributed by atoms with Gasteiger partial charge in [0, 0.05) is 26.1 Å². The maximum atomic E-state index is 13.6. The number of aromatic amines is 1. The van der Waals surface area contributed by atoms with Crippen LogP contribution in [0.15, 0.2) is 83.7 Å². The molecule has 11 heteroatoms. The van der Waals surface area contributed by atoms with Gasteiger partial charge in [0.2, 0.25) is 5.91 Å². The fourth-order valence-corrected chi connectivity index (χ4v) is 7.63. The number of H-pyrrole nitrogens is 1. The quantitative estimate of drug-likeness (QED) is 0.228. The molecule has 3 aliphatic rings. The van der Waals surface area contributed by atoms with Gasteiger partial charge in [-0.2, -0.15) is 13.2 Å². The number of likely N-dealkylation sites (tertiary alicyclic amines) is 1. The van der Waals surface area contributed by atoms with Crippen molar-refractivity contribution in [3.05, 3.63) is 134 Å². The van der Waals surface area contributed by atoms with Crippen molar-refractivity contribution in [2.24, 2.45) is 0 Å². The molecule has 0 spiro atoms. The summed E-state index contributed by atoms with van der Waals surface area (Å²) >= 11 is 0. The number of aryl methyl sites for hydroxylation is 2. The third-order valence-corrected chi connectivity index (χ3v) is 10.8. The highest BCUT2D eigenvalue weighted by Gasteiger charge is 2.49. The van der Waals surface area contributed by atoms with E-state index in [0.29, 0.717) is 42.3 Å². The number of alkyl halides is 3. The molecule has 0 bridgehead atoms. The summed E-state index contributed by atoms with van der Waals surface area (Å²) in [5.41, 5.74) is 2.54. The van der Waals surface area contributed by atoms with Crippen LogP contribution in [0, 0.1) is 0 Å². The minimum absolute atomic E-state index is 0.0945. The monoisotopic (exact) mass is 698 g/mol. The summed E-state index contributed by atoms with van der Waals surface area (Å²) in [5.74, 6) is 0.364. The summed E-state index contributed by atoms with van der Waals surface area (Å²) in [7, 11) is 0. The number of nitrogens with zero attached hydrogens (tertiary/aromatic N) is 3. The number of carbonyl (C=O) groups excluding carboxylic acids is 2. The van der Waals surface area contributed by atoms with Crippen LogP contribution in [0.25, 0.3) is 0 Å². The predicted octanol–water partition coefficient (Wildman–Crippen LogP) is 6.22. The molecule has 3 aromatic carbocycles. The number of fused-ring (bicyclic) bond motifs is 1. The van der Waals surface area contributed by atoms with Gasteiger partial charge in [0.05, 0.1) is 28.8 Å². The van der Waals surface area contributed by atoms with Crippen LogP contribution in [0.2, 0.25) is 0 Å². The van der Waals surface area contributed by atoms with Gasteiger partial charge in [0.25, 0.3) is 11.5 Å². The van der Waals surface area contributed by atoms with Crippen LogP contribution in [0.3, 0.4) is 0 Å². The number of hydrogen-bond donors (Lipinski definition) is 2. The SMILES string of the molecule is O=C(CCc1ccccc1)N1CCC(c2cccc(C3(c4nc5c(c(=O)[nH]4)CN(C(=O)[C@H](O)c4cccc(C(F)(F)F)c4)CCC5)CC3)c2)CC1. The van der Waals surface area contributed by atoms with Crippen LogP contribution >= 0.6 is 0 Å². The highest BCUT2D eigenvalue weighted by molar-refractivity contribution is 5.82. The van der Waals surface area contributed by atoms with Crippen LogP contribution in [-0.4, -0.2) is 56.3 Å². The third kappa shape index (κ3) is 7.35. The average Bonchev–Trinajstić information content (AvgIpc) is 3.99. The number of amides is 2. The molecule has 7 rings (SSSR count). The van der Waals surface area contributed by atoms with Crippen LogP contribution in [-0.2, 0) is 40.6 Å². The Bertz CT molecular complexity index is 1970. The van der Waals surface area contributed by atoms with E-state index in [1.807, 2.05) is 23.1 Å². The Morgan fingerprint density at radius 3 is 2.41 bits per heavy atom. The smallest absolute Gasteiger partial charge is 0.378 e. The summed E-state index contributed by atoms with van der Waals surface area (Å²) in [5, 5.41) is 10.8. The number of aliphatic hydroxyl groups excluding tert-OH is 1. The Hall–Kier alpha value is -4.77. The van der Waals surface area contributed by atoms with Crippen LogP contribution in [0.5, 0.6) is 0 Å². The van der Waals surface area contributed by atoms with Crippen molar-refractivity contribution in [2.75, 3.05) is 19.6 Å². The van der Waals surface area contributed by atoms with E-state index in [4.69, 9.17) is 4.98 Å². The van der Waals surface area contributed by atoms with Gasteiger partial charge < -0.3 is 19.9 Å². The summed E-state index contributed by atoms with van der Waals surface area (Å²) in [6.07, 6.45) is -0.776. The zero-order chi connectivity index (χ0) is 35.8. The second-order valence-electron chi connectivity index (χ2n) is 14.1. The first-order valence-corrected chi connectivity index (χ1v) is 17.7. The number of carbonyl (C=O) groups is 2. The highest BCUT2D eigenvalue weighted by Crippen LogP contribution is 2.52. The van der Waals surface area contributed by atoms with Crippen molar-refractivity contribution in [1.82, 2.24) is 19.8 Å². The fourth-order valence-electron chi connectivity index (χ4n) is 7.63. The van der Waals surface area contributed by atoms with E-state index in [9.17, 15) is 32.7 Å². The second-order valence-corrected chi connectivity index (χ2v) is 14.1. The molecule has 266 valence electrons. The van der Waals surface area contributed by atoms with Crippen LogP contribution < -0.4 is 5.56 Å². The van der Waals surface area contributed by atoms with Gasteiger partial charge in [-0.25, -0.2) is 4.98 Å². The van der Waals surface area contributed by atoms with Crippen molar-refractivity contribution in [1.29, 1.82) is 0 Å². The molecule has 2 aliphatic heterocycles. The minimum Gasteiger partial charge on any atom is -0.378 e. The number of benzene rings is 3. The van der Waals surface area contributed by atoms with Crippen LogP contribution in [0.1, 0.15) is 95.4 Å². The molecule has 51 heavy (non-hydrogen) atoms. The Kier molecular flexibility index (Phi) is 9.58. The molecule has 1 aromatic heterocycles. The summed E-state index contributed by atoms with van der Waals surface area (Å²) < 4.78 is 39.8. The molecule has 2 N–H and O–H groups in total. The van der Waals surface area contributed by atoms with E-state index >= 15 is 0 Å². The number of halogens is 3. The van der Waals surface area contributed by atoms with E-state index in [1.54, 1.807) is 0 Å². The molecular weight excluding hydrogens is 657 g/mol. The van der Waals surface area contributed by atoms with E-state index in [2.05, 4.69) is 41.4 Å². The fraction of sp³-hybridized carbons (Fsp3) is 0.400. The standard InChI is InChI=1S/C40H41F3N4O4/c41-40(42,43)31-12-5-10-29(24-31)35(49)37(51)47-20-6-13-33-32(25-47)36(50)45-38(44-33)39(18-19-39)30-11-4-9-28(23-30)27-16-21-46(22-17-27)34(48)15-14-26-7-2-1-3-8-26/h1-5,7-12,23-24,27,35,49H,6,13-22,25H2,(H,44,45,50)/t35-/m1/s1. The first kappa shape index (κ1) is 34.7. The first-order valence-electron chi connectivity index (χ1n) is 17.7. The number of nitrogens with one attached hydrogen (secondary N) is 1. The molecular formula is C40H41F3N4O4. The zero-order valence-electron chi connectivity index (χ0n) is 28.3. The molecule has 1 saturated heterocycles. The van der Waals surface area contributed by atoms with Gasteiger partial charge in [0.15, 0.2) is 6.10 Å². The molecule has 2 fully saturated rings. The van der Waals surface area contributed by atoms with E-state index < -0.39 is 29.2 Å². The molecule has 0 unspecified atom stereocenters. The number of rotatable bonds is 8. The van der Waals surface area contributed by atoms with E-state index in [0.717, 1.165) is 69.0 Å². The second kappa shape index (κ2) is 14.1. The van der Waals surface area contributed by atoms with Crippen molar-refractivity contribution < 1.29 is 27.9 Å². The van der Waals surface area contributed by atoms with Gasteiger partial charge in [-0.05, 0) is 85.3 Å². The molecule has 1 saturated carbocycles. The maximum Gasteiger partial charge on any atom is 0.416 e. The van der Waals surface area contributed by atoms with Crippen molar-refractivity contribution in [3.8, 4) is 0 Å². The summed E-state index contributed by atoms with van der Waals surface area (Å²) in [6.45, 7) is 1.58. The number of aliphatic hydroxyl groups is 1. The van der Waals surface area contributed by atoms with Gasteiger partial charge in [-0.1, -0.05) is 66.7 Å². The van der Waals surface area contributed by atoms with E-state index in [1.165, 1.54) is 22.1 Å².